The molecule has 11 heteroatoms. The number of nitrogens with two attached hydrogens (primary N) is 1. The van der Waals surface area contributed by atoms with E-state index in [9.17, 15) is 4.79 Å². The summed E-state index contributed by atoms with van der Waals surface area (Å²) in [4.78, 5) is 20.2. The highest BCUT2D eigenvalue weighted by atomic mass is 35.5. The molecule has 0 saturated carbocycles. The van der Waals surface area contributed by atoms with Crippen molar-refractivity contribution in [3.05, 3.63) is 69.4 Å². The van der Waals surface area contributed by atoms with Gasteiger partial charge in [0.1, 0.15) is 17.8 Å². The molecule has 0 atom stereocenters. The molecule has 0 aliphatic heterocycles. The van der Waals surface area contributed by atoms with E-state index in [-0.39, 0.29) is 18.1 Å². The van der Waals surface area contributed by atoms with E-state index >= 15 is 0 Å². The number of aromatic nitrogens is 2. The van der Waals surface area contributed by atoms with Crippen LogP contribution in [0.15, 0.2) is 48.8 Å². The summed E-state index contributed by atoms with van der Waals surface area (Å²) in [5, 5.41) is 4.49. The maximum Gasteiger partial charge on any atom is 0.276 e. The van der Waals surface area contributed by atoms with Crippen LogP contribution in [-0.2, 0) is 11.3 Å². The Balaban J connectivity index is 1.54. The molecule has 1 aromatic heterocycles. The Kier molecular flexibility index (Phi) is 7.40. The zero-order chi connectivity index (χ0) is 21.5. The van der Waals surface area contributed by atoms with Gasteiger partial charge in [-0.25, -0.2) is 9.97 Å². The van der Waals surface area contributed by atoms with Crippen LogP contribution in [0, 0.1) is 0 Å². The monoisotopic (exact) mass is 466 g/mol. The number of nitrogens with zero attached hydrogens (tertiary/aromatic N) is 2. The zero-order valence-electron chi connectivity index (χ0n) is 15.5. The van der Waals surface area contributed by atoms with Crippen molar-refractivity contribution in [2.75, 3.05) is 23.1 Å². The second-order valence-electron chi connectivity index (χ2n) is 5.97. The number of halogens is 3. The Labute approximate surface area is 187 Å². The van der Waals surface area contributed by atoms with Crippen molar-refractivity contribution in [2.45, 2.75) is 6.54 Å². The van der Waals surface area contributed by atoms with Crippen LogP contribution in [0.3, 0.4) is 0 Å². The summed E-state index contributed by atoms with van der Waals surface area (Å²) in [6.07, 6.45) is 1.31. The summed E-state index contributed by atoms with van der Waals surface area (Å²) in [7, 11) is 0. The topological polar surface area (TPSA) is 114 Å². The third-order valence-corrected chi connectivity index (χ3v) is 4.76. The number of carbonyl (C=O) groups is 1. The molecule has 1 amide bonds. The number of nitrogen functional groups attached to an aromatic ring is 1. The average Bonchev–Trinajstić information content (AvgIpc) is 2.72. The van der Waals surface area contributed by atoms with Crippen molar-refractivity contribution in [1.29, 1.82) is 0 Å². The molecule has 0 aliphatic carbocycles. The molecule has 1 heterocycles. The molecule has 30 heavy (non-hydrogen) atoms. The lowest BCUT2D eigenvalue weighted by molar-refractivity contribution is -0.122. The number of nitrogens with one attached hydrogen (secondary N) is 3. The second kappa shape index (κ2) is 10.2. The van der Waals surface area contributed by atoms with Crippen LogP contribution in [0.25, 0.3) is 0 Å². The van der Waals surface area contributed by atoms with E-state index in [1.165, 1.54) is 12.4 Å². The molecule has 2 aromatic carbocycles. The van der Waals surface area contributed by atoms with Gasteiger partial charge in [0.15, 0.2) is 18.2 Å². The Morgan fingerprint density at radius 2 is 1.80 bits per heavy atom. The van der Waals surface area contributed by atoms with Crippen molar-refractivity contribution in [3.63, 3.8) is 0 Å². The molecule has 3 aromatic rings. The van der Waals surface area contributed by atoms with Gasteiger partial charge in [-0.3, -0.25) is 15.6 Å². The van der Waals surface area contributed by atoms with Gasteiger partial charge < -0.3 is 15.8 Å². The fourth-order valence-electron chi connectivity index (χ4n) is 2.36. The van der Waals surface area contributed by atoms with Gasteiger partial charge >= 0.3 is 0 Å². The molecular formula is C19H17Cl3N6O2. The van der Waals surface area contributed by atoms with Crippen molar-refractivity contribution >= 4 is 58.0 Å². The SMILES string of the molecule is Nc1c(NCc2ccccc2Cl)ncnc1NNC(=O)COc1ccc(Cl)cc1Cl. The predicted molar refractivity (Wildman–Crippen MR) is 119 cm³/mol. The Hall–Kier alpha value is -2.94. The standard InChI is InChI=1S/C19H17Cl3N6O2/c20-12-5-6-15(14(22)7-12)30-9-16(29)27-28-19-17(23)18(25-10-26-19)24-8-11-3-1-2-4-13(11)21/h1-7,10H,8-9,23H2,(H,27,29)(H2,24,25,26,28). The number of rotatable bonds is 8. The van der Waals surface area contributed by atoms with Crippen LogP contribution in [0.1, 0.15) is 5.56 Å². The number of hydrogen-bond acceptors (Lipinski definition) is 7. The third kappa shape index (κ3) is 5.79. The number of carbonyl (C=O) groups excluding carboxylic acids is 1. The van der Waals surface area contributed by atoms with Gasteiger partial charge in [0.2, 0.25) is 0 Å². The average molecular weight is 468 g/mol. The van der Waals surface area contributed by atoms with Crippen LogP contribution >= 0.6 is 34.8 Å². The molecule has 0 radical (unpaired) electrons. The molecule has 8 nitrogen and oxygen atoms in total. The Morgan fingerprint density at radius 1 is 1.03 bits per heavy atom. The van der Waals surface area contributed by atoms with Crippen molar-refractivity contribution in [3.8, 4) is 5.75 Å². The van der Waals surface area contributed by atoms with Crippen LogP contribution in [0.5, 0.6) is 5.75 Å². The molecule has 0 bridgehead atoms. The quantitative estimate of drug-likeness (QED) is 0.368. The highest BCUT2D eigenvalue weighted by Gasteiger charge is 2.11. The van der Waals surface area contributed by atoms with Gasteiger partial charge in [-0.05, 0) is 29.8 Å². The highest BCUT2D eigenvalue weighted by molar-refractivity contribution is 6.35. The minimum absolute atomic E-state index is 0.226. The van der Waals surface area contributed by atoms with Gasteiger partial charge in [0, 0.05) is 16.6 Å². The summed E-state index contributed by atoms with van der Waals surface area (Å²) >= 11 is 18.0. The van der Waals surface area contributed by atoms with Crippen LogP contribution in [-0.4, -0.2) is 22.5 Å². The third-order valence-electron chi connectivity index (χ3n) is 3.86. The first-order valence-corrected chi connectivity index (χ1v) is 9.78. The normalized spacial score (nSPS) is 10.4. The van der Waals surface area contributed by atoms with Crippen LogP contribution in [0.4, 0.5) is 17.3 Å². The molecule has 0 aliphatic rings. The number of anilines is 3. The van der Waals surface area contributed by atoms with E-state index in [4.69, 9.17) is 45.3 Å². The highest BCUT2D eigenvalue weighted by Crippen LogP contribution is 2.27. The van der Waals surface area contributed by atoms with Crippen LogP contribution < -0.4 is 26.6 Å². The Bertz CT molecular complexity index is 1050. The lowest BCUT2D eigenvalue weighted by Crippen LogP contribution is -2.34. The summed E-state index contributed by atoms with van der Waals surface area (Å²) < 4.78 is 5.36. The fraction of sp³-hybridized carbons (Fsp3) is 0.105. The molecule has 3 rings (SSSR count). The zero-order valence-corrected chi connectivity index (χ0v) is 17.7. The summed E-state index contributed by atoms with van der Waals surface area (Å²) in [5.74, 6) is 0.490. The number of amides is 1. The molecule has 156 valence electrons. The van der Waals surface area contributed by atoms with Gasteiger partial charge in [-0.1, -0.05) is 53.0 Å². The van der Waals surface area contributed by atoms with E-state index in [1.807, 2.05) is 18.2 Å². The van der Waals surface area contributed by atoms with Crippen molar-refractivity contribution in [1.82, 2.24) is 15.4 Å². The molecule has 0 fully saturated rings. The number of benzene rings is 2. The fourth-order valence-corrected chi connectivity index (χ4v) is 3.02. The number of ether oxygens (including phenoxy) is 1. The van der Waals surface area contributed by atoms with E-state index in [1.54, 1.807) is 18.2 Å². The first-order valence-electron chi connectivity index (χ1n) is 8.64. The summed E-state index contributed by atoms with van der Waals surface area (Å²) in [6.45, 7) is 0.138. The van der Waals surface area contributed by atoms with Crippen molar-refractivity contribution in [2.24, 2.45) is 0 Å². The maximum atomic E-state index is 12.0. The minimum Gasteiger partial charge on any atom is -0.482 e. The molecule has 0 spiro atoms. The van der Waals surface area contributed by atoms with Gasteiger partial charge in [-0.15, -0.1) is 0 Å². The van der Waals surface area contributed by atoms with Crippen molar-refractivity contribution < 1.29 is 9.53 Å². The van der Waals surface area contributed by atoms with E-state index in [0.717, 1.165) is 5.56 Å². The number of hydrazine groups is 1. The smallest absolute Gasteiger partial charge is 0.276 e. The van der Waals surface area contributed by atoms with Gasteiger partial charge in [0.05, 0.1) is 5.02 Å². The van der Waals surface area contributed by atoms with E-state index in [0.29, 0.717) is 33.2 Å². The molecule has 0 saturated heterocycles. The van der Waals surface area contributed by atoms with Gasteiger partial charge in [0.25, 0.3) is 5.91 Å². The van der Waals surface area contributed by atoms with E-state index < -0.39 is 5.91 Å². The van der Waals surface area contributed by atoms with Crippen LogP contribution in [0.2, 0.25) is 15.1 Å². The number of hydrogen-bond donors (Lipinski definition) is 4. The lowest BCUT2D eigenvalue weighted by Gasteiger charge is -2.14. The second-order valence-corrected chi connectivity index (χ2v) is 7.22. The summed E-state index contributed by atoms with van der Waals surface area (Å²) in [5.41, 5.74) is 12.3. The predicted octanol–water partition coefficient (Wildman–Crippen LogP) is 4.15. The van der Waals surface area contributed by atoms with E-state index in [2.05, 4.69) is 26.1 Å². The molecular weight excluding hydrogens is 451 g/mol. The molecule has 0 unspecified atom stereocenters. The first kappa shape index (κ1) is 21.8. The first-order chi connectivity index (χ1) is 14.4. The molecule has 5 N–H and O–H groups in total. The minimum atomic E-state index is -0.468. The Morgan fingerprint density at radius 3 is 2.57 bits per heavy atom. The largest absolute Gasteiger partial charge is 0.482 e. The maximum absolute atomic E-state index is 12.0. The lowest BCUT2D eigenvalue weighted by atomic mass is 10.2. The van der Waals surface area contributed by atoms with Gasteiger partial charge in [-0.2, -0.15) is 0 Å². The summed E-state index contributed by atoms with van der Waals surface area (Å²) in [6, 6.07) is 12.1.